The molecule has 25 heavy (non-hydrogen) atoms. The first-order valence-electron chi connectivity index (χ1n) is 7.99. The van der Waals surface area contributed by atoms with Crippen molar-refractivity contribution in [1.82, 2.24) is 9.80 Å². The number of piperazine rings is 1. The Morgan fingerprint density at radius 3 is 1.76 bits per heavy atom. The first-order valence-corrected chi connectivity index (χ1v) is 7.99. The Labute approximate surface area is 145 Å². The zero-order valence-electron chi connectivity index (χ0n) is 13.6. The Morgan fingerprint density at radius 2 is 1.28 bits per heavy atom. The molecular weight excluding hydrogens is 320 g/mol. The van der Waals surface area contributed by atoms with E-state index >= 15 is 0 Å². The van der Waals surface area contributed by atoms with Gasteiger partial charge in [-0.2, -0.15) is 0 Å². The van der Waals surface area contributed by atoms with E-state index in [0.29, 0.717) is 26.2 Å². The summed E-state index contributed by atoms with van der Waals surface area (Å²) in [7, 11) is 0. The molecule has 0 saturated carbocycles. The normalized spacial score (nSPS) is 14.7. The SMILES string of the molecule is O=C(O)c1ccc(CN2CCN(Cc3ccccc3)C(=O)C2=O)cc1. The van der Waals surface area contributed by atoms with E-state index in [4.69, 9.17) is 5.11 Å². The van der Waals surface area contributed by atoms with Crippen LogP contribution in [0.3, 0.4) is 0 Å². The van der Waals surface area contributed by atoms with Crippen molar-refractivity contribution in [2.45, 2.75) is 13.1 Å². The van der Waals surface area contributed by atoms with Gasteiger partial charge < -0.3 is 14.9 Å². The molecule has 1 fully saturated rings. The smallest absolute Gasteiger partial charge is 0.335 e. The zero-order valence-corrected chi connectivity index (χ0v) is 13.6. The second kappa shape index (κ2) is 7.17. The highest BCUT2D eigenvalue weighted by atomic mass is 16.4. The Balaban J connectivity index is 1.63. The van der Waals surface area contributed by atoms with Crippen LogP contribution in [0.2, 0.25) is 0 Å². The average Bonchev–Trinajstić information content (AvgIpc) is 2.63. The maximum absolute atomic E-state index is 12.3. The number of hydrogen-bond acceptors (Lipinski definition) is 3. The summed E-state index contributed by atoms with van der Waals surface area (Å²) in [6.45, 7) is 1.65. The highest BCUT2D eigenvalue weighted by Gasteiger charge is 2.32. The van der Waals surface area contributed by atoms with E-state index in [2.05, 4.69) is 0 Å². The molecule has 1 aliphatic rings. The third kappa shape index (κ3) is 3.85. The van der Waals surface area contributed by atoms with Crippen LogP contribution < -0.4 is 0 Å². The number of benzene rings is 2. The highest BCUT2D eigenvalue weighted by molar-refractivity contribution is 6.35. The van der Waals surface area contributed by atoms with Crippen LogP contribution in [-0.2, 0) is 22.7 Å². The molecule has 128 valence electrons. The van der Waals surface area contributed by atoms with Crippen LogP contribution >= 0.6 is 0 Å². The van der Waals surface area contributed by atoms with Gasteiger partial charge in [0.25, 0.3) is 0 Å². The van der Waals surface area contributed by atoms with E-state index < -0.39 is 17.8 Å². The summed E-state index contributed by atoms with van der Waals surface area (Å²) in [5.74, 6) is -2.02. The number of aromatic carboxylic acids is 1. The third-order valence-electron chi connectivity index (χ3n) is 4.19. The standard InChI is InChI=1S/C19H18N2O4/c22-17-18(23)21(13-15-6-8-16(9-7-15)19(24)25)11-10-20(17)12-14-4-2-1-3-5-14/h1-9H,10-13H2,(H,24,25). The van der Waals surface area contributed by atoms with Gasteiger partial charge in [-0.1, -0.05) is 42.5 Å². The van der Waals surface area contributed by atoms with Gasteiger partial charge in [-0.15, -0.1) is 0 Å². The molecule has 2 amide bonds. The van der Waals surface area contributed by atoms with Gasteiger partial charge in [-0.05, 0) is 23.3 Å². The van der Waals surface area contributed by atoms with E-state index in [-0.39, 0.29) is 5.56 Å². The highest BCUT2D eigenvalue weighted by Crippen LogP contribution is 2.14. The van der Waals surface area contributed by atoms with Crippen molar-refractivity contribution in [3.05, 3.63) is 71.3 Å². The zero-order chi connectivity index (χ0) is 17.8. The second-order valence-electron chi connectivity index (χ2n) is 5.94. The van der Waals surface area contributed by atoms with Crippen LogP contribution in [0.4, 0.5) is 0 Å². The van der Waals surface area contributed by atoms with Gasteiger partial charge in [0.2, 0.25) is 0 Å². The lowest BCUT2D eigenvalue weighted by Crippen LogP contribution is -2.53. The number of nitrogens with zero attached hydrogens (tertiary/aromatic N) is 2. The lowest BCUT2D eigenvalue weighted by atomic mass is 10.1. The first kappa shape index (κ1) is 16.7. The largest absolute Gasteiger partial charge is 0.478 e. The summed E-state index contributed by atoms with van der Waals surface area (Å²) in [6.07, 6.45) is 0. The lowest BCUT2D eigenvalue weighted by Gasteiger charge is -2.33. The van der Waals surface area contributed by atoms with E-state index in [1.807, 2.05) is 30.3 Å². The van der Waals surface area contributed by atoms with Gasteiger partial charge in [-0.3, -0.25) is 9.59 Å². The monoisotopic (exact) mass is 338 g/mol. The number of carboxylic acids is 1. The van der Waals surface area contributed by atoms with Gasteiger partial charge in [0.15, 0.2) is 0 Å². The summed E-state index contributed by atoms with van der Waals surface area (Å²) in [5.41, 5.74) is 1.97. The second-order valence-corrected chi connectivity index (χ2v) is 5.94. The van der Waals surface area contributed by atoms with Crippen LogP contribution in [0.5, 0.6) is 0 Å². The van der Waals surface area contributed by atoms with E-state index in [9.17, 15) is 14.4 Å². The summed E-state index contributed by atoms with van der Waals surface area (Å²) in [4.78, 5) is 38.6. The first-order chi connectivity index (χ1) is 12.0. The molecule has 2 aromatic rings. The molecule has 0 aliphatic carbocycles. The van der Waals surface area contributed by atoms with Crippen molar-refractivity contribution in [1.29, 1.82) is 0 Å². The predicted octanol–water partition coefficient (Wildman–Crippen LogP) is 1.76. The minimum atomic E-state index is -0.993. The van der Waals surface area contributed by atoms with E-state index in [0.717, 1.165) is 11.1 Å². The summed E-state index contributed by atoms with van der Waals surface area (Å²) >= 11 is 0. The predicted molar refractivity (Wildman–Crippen MR) is 90.7 cm³/mol. The summed E-state index contributed by atoms with van der Waals surface area (Å²) in [5, 5.41) is 8.91. The van der Waals surface area contributed by atoms with Gasteiger partial charge in [-0.25, -0.2) is 4.79 Å². The molecule has 2 aromatic carbocycles. The quantitative estimate of drug-likeness (QED) is 0.843. The van der Waals surface area contributed by atoms with Crippen molar-refractivity contribution in [3.63, 3.8) is 0 Å². The Kier molecular flexibility index (Phi) is 4.79. The molecule has 0 unspecified atom stereocenters. The molecule has 0 aromatic heterocycles. The summed E-state index contributed by atoms with van der Waals surface area (Å²) < 4.78 is 0. The number of rotatable bonds is 5. The van der Waals surface area contributed by atoms with Gasteiger partial charge >= 0.3 is 17.8 Å². The maximum Gasteiger partial charge on any atom is 0.335 e. The fourth-order valence-electron chi connectivity index (χ4n) is 2.79. The number of carbonyl (C=O) groups excluding carboxylic acids is 2. The molecule has 1 heterocycles. The van der Waals surface area contributed by atoms with Crippen LogP contribution in [0.1, 0.15) is 21.5 Å². The van der Waals surface area contributed by atoms with Crippen LogP contribution in [0.25, 0.3) is 0 Å². The molecular formula is C19H18N2O4. The Hall–Kier alpha value is -3.15. The van der Waals surface area contributed by atoms with Crippen molar-refractivity contribution < 1.29 is 19.5 Å². The number of amides is 2. The van der Waals surface area contributed by atoms with Crippen LogP contribution in [0.15, 0.2) is 54.6 Å². The Bertz CT molecular complexity index is 787. The van der Waals surface area contributed by atoms with E-state index in [1.54, 1.807) is 17.0 Å². The third-order valence-corrected chi connectivity index (χ3v) is 4.19. The number of carbonyl (C=O) groups is 3. The topological polar surface area (TPSA) is 77.9 Å². The Morgan fingerprint density at radius 1 is 0.800 bits per heavy atom. The van der Waals surface area contributed by atoms with Gasteiger partial charge in [0.1, 0.15) is 0 Å². The van der Waals surface area contributed by atoms with E-state index in [1.165, 1.54) is 17.0 Å². The molecule has 6 heteroatoms. The molecule has 0 radical (unpaired) electrons. The molecule has 0 atom stereocenters. The van der Waals surface area contributed by atoms with Gasteiger partial charge in [0.05, 0.1) is 5.56 Å². The molecule has 3 rings (SSSR count). The van der Waals surface area contributed by atoms with Crippen molar-refractivity contribution in [2.24, 2.45) is 0 Å². The number of carboxylic acid groups (broad SMARTS) is 1. The molecule has 0 bridgehead atoms. The molecule has 6 nitrogen and oxygen atoms in total. The van der Waals surface area contributed by atoms with Crippen LogP contribution in [-0.4, -0.2) is 45.8 Å². The van der Waals surface area contributed by atoms with Crippen molar-refractivity contribution >= 4 is 17.8 Å². The minimum Gasteiger partial charge on any atom is -0.478 e. The fraction of sp³-hybridized carbons (Fsp3) is 0.211. The van der Waals surface area contributed by atoms with Crippen molar-refractivity contribution in [2.75, 3.05) is 13.1 Å². The molecule has 1 aliphatic heterocycles. The maximum atomic E-state index is 12.3. The lowest BCUT2D eigenvalue weighted by molar-refractivity contribution is -0.156. The number of hydrogen-bond donors (Lipinski definition) is 1. The molecule has 0 spiro atoms. The van der Waals surface area contributed by atoms with Crippen molar-refractivity contribution in [3.8, 4) is 0 Å². The average molecular weight is 338 g/mol. The fourth-order valence-corrected chi connectivity index (χ4v) is 2.79. The summed E-state index contributed by atoms with van der Waals surface area (Å²) in [6, 6.07) is 15.9. The minimum absolute atomic E-state index is 0.193. The van der Waals surface area contributed by atoms with Gasteiger partial charge in [0, 0.05) is 26.2 Å². The molecule has 1 N–H and O–H groups in total. The van der Waals surface area contributed by atoms with Crippen LogP contribution in [0, 0.1) is 0 Å². The molecule has 1 saturated heterocycles.